The van der Waals surface area contributed by atoms with Crippen LogP contribution in [0.25, 0.3) is 0 Å². The van der Waals surface area contributed by atoms with Crippen molar-refractivity contribution in [2.75, 3.05) is 19.6 Å². The first-order valence-electron chi connectivity index (χ1n) is 4.60. The predicted octanol–water partition coefficient (Wildman–Crippen LogP) is 1.61. The zero-order valence-corrected chi connectivity index (χ0v) is 8.71. The van der Waals surface area contributed by atoms with E-state index >= 15 is 0 Å². The lowest BCUT2D eigenvalue weighted by molar-refractivity contribution is -0.132. The molecule has 0 aromatic heterocycles. The number of hydrogen-bond acceptors (Lipinski definition) is 2. The summed E-state index contributed by atoms with van der Waals surface area (Å²) >= 11 is 0. The molecular formula is C10H19NO2. The van der Waals surface area contributed by atoms with Crippen molar-refractivity contribution in [1.82, 2.24) is 4.90 Å². The minimum absolute atomic E-state index is 0.266. The van der Waals surface area contributed by atoms with Crippen molar-refractivity contribution in [3.05, 3.63) is 12.2 Å². The topological polar surface area (TPSA) is 40.5 Å². The van der Waals surface area contributed by atoms with Gasteiger partial charge in [-0.2, -0.15) is 0 Å². The Morgan fingerprint density at radius 2 is 2.08 bits per heavy atom. The van der Waals surface area contributed by atoms with Crippen molar-refractivity contribution in [2.24, 2.45) is 5.92 Å². The van der Waals surface area contributed by atoms with Gasteiger partial charge in [-0.1, -0.05) is 27.4 Å². The molecule has 0 aromatic rings. The summed E-state index contributed by atoms with van der Waals surface area (Å²) < 4.78 is 0. The number of carbonyl (C=O) groups is 1. The summed E-state index contributed by atoms with van der Waals surface area (Å²) in [6.07, 6.45) is 0. The van der Waals surface area contributed by atoms with E-state index in [1.54, 1.807) is 0 Å². The van der Waals surface area contributed by atoms with Crippen LogP contribution in [0, 0.1) is 5.92 Å². The van der Waals surface area contributed by atoms with Gasteiger partial charge in [0.15, 0.2) is 0 Å². The molecule has 0 atom stereocenters. The van der Waals surface area contributed by atoms with Crippen molar-refractivity contribution in [2.45, 2.75) is 20.8 Å². The van der Waals surface area contributed by atoms with Crippen molar-refractivity contribution >= 4 is 5.97 Å². The smallest absolute Gasteiger partial charge is 0.332 e. The average molecular weight is 185 g/mol. The highest BCUT2D eigenvalue weighted by molar-refractivity contribution is 5.86. The Bertz CT molecular complexity index is 187. The van der Waals surface area contributed by atoms with Gasteiger partial charge >= 0.3 is 5.97 Å². The molecule has 13 heavy (non-hydrogen) atoms. The first-order valence-corrected chi connectivity index (χ1v) is 4.60. The summed E-state index contributed by atoms with van der Waals surface area (Å²) in [5, 5.41) is 8.63. The maximum absolute atomic E-state index is 10.5. The molecule has 0 amide bonds. The first kappa shape index (κ1) is 12.2. The highest BCUT2D eigenvalue weighted by Crippen LogP contribution is 2.01. The second kappa shape index (κ2) is 5.75. The number of likely N-dealkylation sites (N-methyl/N-ethyl adjacent to an activating group) is 1. The van der Waals surface area contributed by atoms with Gasteiger partial charge in [0.2, 0.25) is 0 Å². The normalized spacial score (nSPS) is 10.8. The van der Waals surface area contributed by atoms with Crippen LogP contribution in [0.4, 0.5) is 0 Å². The molecule has 0 saturated carbocycles. The number of hydrogen-bond donors (Lipinski definition) is 1. The van der Waals surface area contributed by atoms with Crippen LogP contribution in [0.15, 0.2) is 12.2 Å². The van der Waals surface area contributed by atoms with Crippen molar-refractivity contribution in [3.63, 3.8) is 0 Å². The Hall–Kier alpha value is -0.830. The van der Waals surface area contributed by atoms with Crippen molar-refractivity contribution < 1.29 is 9.90 Å². The zero-order chi connectivity index (χ0) is 10.4. The van der Waals surface area contributed by atoms with E-state index in [9.17, 15) is 4.79 Å². The van der Waals surface area contributed by atoms with Crippen LogP contribution < -0.4 is 0 Å². The third-order valence-corrected chi connectivity index (χ3v) is 1.79. The average Bonchev–Trinajstić information content (AvgIpc) is 2.02. The lowest BCUT2D eigenvalue weighted by atomic mass is 10.2. The zero-order valence-electron chi connectivity index (χ0n) is 8.71. The Labute approximate surface area is 80.0 Å². The standard InChI is InChI=1S/C10H19NO2/c1-5-11(6-8(2)3)7-9(4)10(12)13/h8H,4-7H2,1-3H3,(H,12,13). The van der Waals surface area contributed by atoms with E-state index in [2.05, 4.69) is 25.3 Å². The van der Waals surface area contributed by atoms with Gasteiger partial charge in [-0.25, -0.2) is 4.79 Å². The predicted molar refractivity (Wildman–Crippen MR) is 53.7 cm³/mol. The fourth-order valence-corrected chi connectivity index (χ4v) is 1.16. The van der Waals surface area contributed by atoms with Crippen LogP contribution in [-0.4, -0.2) is 35.6 Å². The van der Waals surface area contributed by atoms with E-state index in [-0.39, 0.29) is 5.57 Å². The molecule has 0 aliphatic carbocycles. The number of nitrogens with zero attached hydrogens (tertiary/aromatic N) is 1. The highest BCUT2D eigenvalue weighted by Gasteiger charge is 2.10. The summed E-state index contributed by atoms with van der Waals surface area (Å²) in [4.78, 5) is 12.6. The third-order valence-electron chi connectivity index (χ3n) is 1.79. The molecule has 0 saturated heterocycles. The van der Waals surface area contributed by atoms with Gasteiger partial charge in [0.1, 0.15) is 0 Å². The molecular weight excluding hydrogens is 166 g/mol. The van der Waals surface area contributed by atoms with Gasteiger partial charge < -0.3 is 5.11 Å². The van der Waals surface area contributed by atoms with Gasteiger partial charge in [-0.3, -0.25) is 4.90 Å². The minimum Gasteiger partial charge on any atom is -0.478 e. The van der Waals surface area contributed by atoms with Gasteiger partial charge in [0, 0.05) is 18.7 Å². The summed E-state index contributed by atoms with van der Waals surface area (Å²) in [6, 6.07) is 0. The van der Waals surface area contributed by atoms with E-state index in [1.807, 2.05) is 6.92 Å². The molecule has 3 nitrogen and oxygen atoms in total. The molecule has 76 valence electrons. The fraction of sp³-hybridized carbons (Fsp3) is 0.700. The van der Waals surface area contributed by atoms with Crippen LogP contribution in [0.3, 0.4) is 0 Å². The summed E-state index contributed by atoms with van der Waals surface area (Å²) in [6.45, 7) is 12.0. The minimum atomic E-state index is -0.901. The van der Waals surface area contributed by atoms with Crippen molar-refractivity contribution in [3.8, 4) is 0 Å². The maximum Gasteiger partial charge on any atom is 0.332 e. The molecule has 0 fully saturated rings. The molecule has 0 heterocycles. The second-order valence-corrected chi connectivity index (χ2v) is 3.63. The van der Waals surface area contributed by atoms with Gasteiger partial charge in [-0.05, 0) is 12.5 Å². The van der Waals surface area contributed by atoms with Crippen molar-refractivity contribution in [1.29, 1.82) is 0 Å². The first-order chi connectivity index (χ1) is 5.97. The Kier molecular flexibility index (Phi) is 5.39. The lowest BCUT2D eigenvalue weighted by Crippen LogP contribution is -2.30. The Morgan fingerprint density at radius 3 is 2.38 bits per heavy atom. The Balaban J connectivity index is 3.97. The van der Waals surface area contributed by atoms with E-state index < -0.39 is 5.97 Å². The highest BCUT2D eigenvalue weighted by atomic mass is 16.4. The SMILES string of the molecule is C=C(CN(CC)CC(C)C)C(=O)O. The molecule has 0 aliphatic rings. The lowest BCUT2D eigenvalue weighted by Gasteiger charge is -2.22. The maximum atomic E-state index is 10.5. The number of rotatable bonds is 6. The summed E-state index contributed by atoms with van der Waals surface area (Å²) in [5.41, 5.74) is 0.266. The Morgan fingerprint density at radius 1 is 1.54 bits per heavy atom. The van der Waals surface area contributed by atoms with E-state index in [0.717, 1.165) is 13.1 Å². The molecule has 0 radical (unpaired) electrons. The van der Waals surface area contributed by atoms with E-state index in [1.165, 1.54) is 0 Å². The largest absolute Gasteiger partial charge is 0.478 e. The van der Waals surface area contributed by atoms with Crippen LogP contribution in [0.5, 0.6) is 0 Å². The van der Waals surface area contributed by atoms with Gasteiger partial charge in [0.05, 0.1) is 0 Å². The molecule has 0 aromatic carbocycles. The van der Waals surface area contributed by atoms with Crippen LogP contribution in [-0.2, 0) is 4.79 Å². The molecule has 0 bridgehead atoms. The fourth-order valence-electron chi connectivity index (χ4n) is 1.16. The van der Waals surface area contributed by atoms with Gasteiger partial charge in [-0.15, -0.1) is 0 Å². The van der Waals surface area contributed by atoms with Gasteiger partial charge in [0.25, 0.3) is 0 Å². The van der Waals surface area contributed by atoms with Crippen LogP contribution in [0.1, 0.15) is 20.8 Å². The molecule has 0 spiro atoms. The summed E-state index contributed by atoms with van der Waals surface area (Å²) in [7, 11) is 0. The van der Waals surface area contributed by atoms with E-state index in [4.69, 9.17) is 5.11 Å². The molecule has 3 heteroatoms. The third kappa shape index (κ3) is 5.42. The molecule has 0 rings (SSSR count). The van der Waals surface area contributed by atoms with E-state index in [0.29, 0.717) is 12.5 Å². The van der Waals surface area contributed by atoms with Crippen LogP contribution in [0.2, 0.25) is 0 Å². The molecule has 0 aliphatic heterocycles. The number of carboxylic acids is 1. The molecule has 1 N–H and O–H groups in total. The second-order valence-electron chi connectivity index (χ2n) is 3.63. The monoisotopic (exact) mass is 185 g/mol. The summed E-state index contributed by atoms with van der Waals surface area (Å²) in [5.74, 6) is -0.344. The quantitative estimate of drug-likeness (QED) is 0.639. The number of aliphatic carboxylic acids is 1. The van der Waals surface area contributed by atoms with Crippen LogP contribution >= 0.6 is 0 Å². The molecule has 0 unspecified atom stereocenters. The number of carboxylic acid groups (broad SMARTS) is 1.